The molecule has 0 N–H and O–H groups in total. The first-order chi connectivity index (χ1) is 10.1. The molecule has 1 fully saturated rings. The molecule has 0 aromatic heterocycles. The van der Waals surface area contributed by atoms with E-state index in [4.69, 9.17) is 14.2 Å². The Morgan fingerprint density at radius 2 is 2.29 bits per heavy atom. The number of carbonyl (C=O) groups excluding carboxylic acids is 2. The fourth-order valence-electron chi connectivity index (χ4n) is 3.71. The maximum atomic E-state index is 12.3. The number of ketones is 1. The highest BCUT2D eigenvalue weighted by Gasteiger charge is 2.59. The molecule has 0 spiro atoms. The number of hydrogen-bond donors (Lipinski definition) is 0. The van der Waals surface area contributed by atoms with Crippen LogP contribution >= 0.6 is 0 Å². The molecule has 1 unspecified atom stereocenters. The standard InChI is InChI=1S/C16H22O5/c1-4-8-16-11(6-5-7-13(16)21-10-19-2)9-12(17)14(16)15(18)20-3/h4,9,13-14H,1,5-8,10H2,2-3H3/t13-,14?,16-/m1/s1. The van der Waals surface area contributed by atoms with Crippen molar-refractivity contribution in [3.05, 3.63) is 24.3 Å². The Hall–Kier alpha value is -1.46. The average Bonchev–Trinajstić information content (AvgIpc) is 2.77. The van der Waals surface area contributed by atoms with E-state index in [0.29, 0.717) is 6.42 Å². The van der Waals surface area contributed by atoms with Crippen molar-refractivity contribution >= 4 is 11.8 Å². The summed E-state index contributed by atoms with van der Waals surface area (Å²) in [4.78, 5) is 24.5. The predicted octanol–water partition coefficient (Wildman–Crippen LogP) is 2.02. The van der Waals surface area contributed by atoms with E-state index in [-0.39, 0.29) is 18.7 Å². The van der Waals surface area contributed by atoms with Crippen LogP contribution in [0.4, 0.5) is 0 Å². The first-order valence-corrected chi connectivity index (χ1v) is 7.16. The van der Waals surface area contributed by atoms with E-state index in [1.165, 1.54) is 7.11 Å². The molecule has 1 saturated carbocycles. The molecule has 0 bridgehead atoms. The summed E-state index contributed by atoms with van der Waals surface area (Å²) in [6, 6.07) is 0. The van der Waals surface area contributed by atoms with Crippen molar-refractivity contribution in [2.24, 2.45) is 11.3 Å². The van der Waals surface area contributed by atoms with Crippen LogP contribution in [-0.2, 0) is 23.8 Å². The van der Waals surface area contributed by atoms with Gasteiger partial charge in [-0.3, -0.25) is 9.59 Å². The molecule has 0 saturated heterocycles. The van der Waals surface area contributed by atoms with E-state index in [0.717, 1.165) is 24.8 Å². The Kier molecular flexibility index (Phi) is 4.96. The second-order valence-electron chi connectivity index (χ2n) is 5.52. The maximum Gasteiger partial charge on any atom is 0.317 e. The Morgan fingerprint density at radius 3 is 2.90 bits per heavy atom. The van der Waals surface area contributed by atoms with Gasteiger partial charge >= 0.3 is 5.97 Å². The highest BCUT2D eigenvalue weighted by Crippen LogP contribution is 2.55. The van der Waals surface area contributed by atoms with Crippen LogP contribution in [0.3, 0.4) is 0 Å². The molecule has 0 heterocycles. The first-order valence-electron chi connectivity index (χ1n) is 7.16. The molecule has 3 atom stereocenters. The van der Waals surface area contributed by atoms with Gasteiger partial charge in [0.1, 0.15) is 12.7 Å². The molecule has 2 aliphatic carbocycles. The fraction of sp³-hybridized carbons (Fsp3) is 0.625. The van der Waals surface area contributed by atoms with E-state index in [1.807, 2.05) is 0 Å². The second kappa shape index (κ2) is 6.54. The minimum Gasteiger partial charge on any atom is -0.468 e. The molecule has 2 aliphatic rings. The summed E-state index contributed by atoms with van der Waals surface area (Å²) in [7, 11) is 2.86. The fourth-order valence-corrected chi connectivity index (χ4v) is 3.71. The highest BCUT2D eigenvalue weighted by molar-refractivity contribution is 6.09. The summed E-state index contributed by atoms with van der Waals surface area (Å²) in [6.45, 7) is 3.93. The van der Waals surface area contributed by atoms with E-state index in [1.54, 1.807) is 19.3 Å². The molecule has 116 valence electrons. The third kappa shape index (κ3) is 2.56. The molecule has 21 heavy (non-hydrogen) atoms. The number of hydrogen-bond acceptors (Lipinski definition) is 5. The minimum absolute atomic E-state index is 0.138. The van der Waals surface area contributed by atoms with Gasteiger partial charge in [-0.2, -0.15) is 0 Å². The summed E-state index contributed by atoms with van der Waals surface area (Å²) in [5.41, 5.74) is 0.318. The van der Waals surface area contributed by atoms with Gasteiger partial charge < -0.3 is 14.2 Å². The molecule has 2 rings (SSSR count). The van der Waals surface area contributed by atoms with Crippen molar-refractivity contribution in [3.8, 4) is 0 Å². The van der Waals surface area contributed by atoms with E-state index in [9.17, 15) is 9.59 Å². The molecular formula is C16H22O5. The van der Waals surface area contributed by atoms with E-state index < -0.39 is 17.3 Å². The summed E-state index contributed by atoms with van der Waals surface area (Å²) >= 11 is 0. The van der Waals surface area contributed by atoms with Gasteiger partial charge in [-0.15, -0.1) is 6.58 Å². The summed E-state index contributed by atoms with van der Waals surface area (Å²) in [5, 5.41) is 0. The van der Waals surface area contributed by atoms with E-state index in [2.05, 4.69) is 6.58 Å². The van der Waals surface area contributed by atoms with Crippen LogP contribution in [0.25, 0.3) is 0 Å². The third-order valence-electron chi connectivity index (χ3n) is 4.51. The zero-order valence-electron chi connectivity index (χ0n) is 12.6. The van der Waals surface area contributed by atoms with Crippen LogP contribution in [0.1, 0.15) is 25.7 Å². The number of ether oxygens (including phenoxy) is 3. The quantitative estimate of drug-likeness (QED) is 0.324. The summed E-state index contributed by atoms with van der Waals surface area (Å²) in [6.07, 6.45) is 6.14. The van der Waals surface area contributed by atoms with Gasteiger partial charge in [0.15, 0.2) is 5.78 Å². The smallest absolute Gasteiger partial charge is 0.317 e. The number of methoxy groups -OCH3 is 2. The Bertz CT molecular complexity index is 467. The minimum atomic E-state index is -0.836. The molecule has 0 aromatic carbocycles. The second-order valence-corrected chi connectivity index (χ2v) is 5.52. The van der Waals surface area contributed by atoms with Crippen molar-refractivity contribution in [1.82, 2.24) is 0 Å². The van der Waals surface area contributed by atoms with Gasteiger partial charge in [0.25, 0.3) is 0 Å². The predicted molar refractivity (Wildman–Crippen MR) is 76.4 cm³/mol. The number of allylic oxidation sites excluding steroid dienone is 2. The van der Waals surface area contributed by atoms with Gasteiger partial charge in [0.2, 0.25) is 0 Å². The lowest BCUT2D eigenvalue weighted by atomic mass is 9.62. The number of esters is 1. The molecule has 5 nitrogen and oxygen atoms in total. The van der Waals surface area contributed by atoms with Gasteiger partial charge in [0.05, 0.1) is 13.2 Å². The lowest BCUT2D eigenvalue weighted by Gasteiger charge is -2.45. The van der Waals surface area contributed by atoms with Gasteiger partial charge in [-0.05, 0) is 31.8 Å². The number of carbonyl (C=O) groups is 2. The molecule has 0 aromatic rings. The Balaban J connectivity index is 2.44. The van der Waals surface area contributed by atoms with Crippen molar-refractivity contribution in [2.75, 3.05) is 21.0 Å². The van der Waals surface area contributed by atoms with Gasteiger partial charge in [-0.25, -0.2) is 0 Å². The summed E-state index contributed by atoms with van der Waals surface area (Å²) in [5.74, 6) is -1.52. The van der Waals surface area contributed by atoms with Crippen LogP contribution < -0.4 is 0 Å². The maximum absolute atomic E-state index is 12.3. The normalized spacial score (nSPS) is 31.5. The Morgan fingerprint density at radius 1 is 1.52 bits per heavy atom. The molecule has 0 amide bonds. The SMILES string of the molecule is C=CC[C@]12C(=CC(=O)C1C(=O)OC)CCC[C@H]2OCOC. The lowest BCUT2D eigenvalue weighted by molar-refractivity contribution is -0.165. The van der Waals surface area contributed by atoms with Crippen LogP contribution in [-0.4, -0.2) is 38.9 Å². The monoisotopic (exact) mass is 294 g/mol. The molecule has 0 aliphatic heterocycles. The van der Waals surface area contributed by atoms with Crippen LogP contribution in [0.15, 0.2) is 24.3 Å². The van der Waals surface area contributed by atoms with Crippen molar-refractivity contribution < 1.29 is 23.8 Å². The van der Waals surface area contributed by atoms with Crippen LogP contribution in [0.5, 0.6) is 0 Å². The lowest BCUT2D eigenvalue weighted by Crippen LogP contribution is -2.49. The first kappa shape index (κ1) is 15.9. The zero-order valence-corrected chi connectivity index (χ0v) is 12.6. The molecule has 0 radical (unpaired) electrons. The summed E-state index contributed by atoms with van der Waals surface area (Å²) < 4.78 is 15.7. The van der Waals surface area contributed by atoms with Gasteiger partial charge in [-0.1, -0.05) is 11.6 Å². The van der Waals surface area contributed by atoms with Crippen molar-refractivity contribution in [2.45, 2.75) is 31.8 Å². The highest BCUT2D eigenvalue weighted by atomic mass is 16.7. The average molecular weight is 294 g/mol. The number of rotatable bonds is 6. The van der Waals surface area contributed by atoms with Gasteiger partial charge in [0, 0.05) is 12.5 Å². The largest absolute Gasteiger partial charge is 0.468 e. The van der Waals surface area contributed by atoms with Crippen molar-refractivity contribution in [1.29, 1.82) is 0 Å². The topological polar surface area (TPSA) is 61.8 Å². The van der Waals surface area contributed by atoms with E-state index >= 15 is 0 Å². The van der Waals surface area contributed by atoms with Crippen molar-refractivity contribution in [3.63, 3.8) is 0 Å². The Labute approximate surface area is 124 Å². The molecular weight excluding hydrogens is 272 g/mol. The van der Waals surface area contributed by atoms with Crippen LogP contribution in [0, 0.1) is 11.3 Å². The van der Waals surface area contributed by atoms with Crippen LogP contribution in [0.2, 0.25) is 0 Å². The third-order valence-corrected chi connectivity index (χ3v) is 4.51. The molecule has 5 heteroatoms. The number of fused-ring (bicyclic) bond motifs is 1. The zero-order chi connectivity index (χ0) is 15.5.